The molecule has 2 amide bonds. The molecule has 2 rings (SSSR count). The summed E-state index contributed by atoms with van der Waals surface area (Å²) in [6.45, 7) is 1.64. The highest BCUT2D eigenvalue weighted by Crippen LogP contribution is 2.18. The van der Waals surface area contributed by atoms with Crippen LogP contribution >= 0.6 is 0 Å². The first-order valence-electron chi connectivity index (χ1n) is 8.00. The Morgan fingerprint density at radius 3 is 2.24 bits per heavy atom. The highest BCUT2D eigenvalue weighted by Gasteiger charge is 2.26. The highest BCUT2D eigenvalue weighted by atomic mass is 32.2. The van der Waals surface area contributed by atoms with Crippen molar-refractivity contribution in [3.63, 3.8) is 0 Å². The number of hydrogen-bond donors (Lipinski definition) is 1. The van der Waals surface area contributed by atoms with Gasteiger partial charge in [0.05, 0.1) is 4.90 Å². The second-order valence-corrected chi connectivity index (χ2v) is 7.70. The van der Waals surface area contributed by atoms with E-state index in [9.17, 15) is 26.8 Å². The van der Waals surface area contributed by atoms with E-state index in [0.717, 1.165) is 56.6 Å². The standard InChI is InChI=1S/C16H20F2N2O4S/c17-16(18)25(23,24)13-6-4-12(5-7-13)15(22)19-9-8-14(21)20-10-2-1-3-11-20/h4-7,16H,1-3,8-11H2,(H,19,22). The smallest absolute Gasteiger partial charge is 0.341 e. The molecule has 1 aromatic carbocycles. The lowest BCUT2D eigenvalue weighted by Gasteiger charge is -2.26. The molecule has 0 aromatic heterocycles. The first kappa shape index (κ1) is 19.3. The van der Waals surface area contributed by atoms with Crippen molar-refractivity contribution in [2.75, 3.05) is 19.6 Å². The summed E-state index contributed by atoms with van der Waals surface area (Å²) in [5.74, 6) is -4.02. The predicted molar refractivity (Wildman–Crippen MR) is 87.0 cm³/mol. The van der Waals surface area contributed by atoms with Crippen LogP contribution in [0.4, 0.5) is 8.78 Å². The summed E-state index contributed by atoms with van der Waals surface area (Å²) in [5, 5.41) is 2.57. The SMILES string of the molecule is O=C(NCCC(=O)N1CCCCC1)c1ccc(S(=O)(=O)C(F)F)cc1. The normalized spacial score (nSPS) is 15.2. The molecule has 1 aliphatic heterocycles. The van der Waals surface area contributed by atoms with Gasteiger partial charge >= 0.3 is 5.76 Å². The second kappa shape index (κ2) is 8.37. The van der Waals surface area contributed by atoms with Gasteiger partial charge in [0, 0.05) is 31.6 Å². The minimum Gasteiger partial charge on any atom is -0.352 e. The number of nitrogens with one attached hydrogen (secondary N) is 1. The average Bonchev–Trinajstić information content (AvgIpc) is 2.62. The van der Waals surface area contributed by atoms with Crippen LogP contribution in [0.25, 0.3) is 0 Å². The van der Waals surface area contributed by atoms with Gasteiger partial charge in [-0.3, -0.25) is 9.59 Å². The van der Waals surface area contributed by atoms with Gasteiger partial charge in [-0.05, 0) is 43.5 Å². The largest absolute Gasteiger partial charge is 0.352 e. The Balaban J connectivity index is 1.85. The number of benzene rings is 1. The fraction of sp³-hybridized carbons (Fsp3) is 0.500. The third-order valence-electron chi connectivity index (χ3n) is 4.01. The first-order chi connectivity index (χ1) is 11.8. The molecule has 0 unspecified atom stereocenters. The van der Waals surface area contributed by atoms with Crippen molar-refractivity contribution in [2.24, 2.45) is 0 Å². The van der Waals surface area contributed by atoms with Crippen molar-refractivity contribution in [3.05, 3.63) is 29.8 Å². The van der Waals surface area contributed by atoms with E-state index >= 15 is 0 Å². The molecule has 6 nitrogen and oxygen atoms in total. The van der Waals surface area contributed by atoms with Crippen LogP contribution < -0.4 is 5.32 Å². The number of hydrogen-bond acceptors (Lipinski definition) is 4. The Labute approximate surface area is 145 Å². The van der Waals surface area contributed by atoms with Crippen LogP contribution in [0.5, 0.6) is 0 Å². The molecule has 1 aliphatic rings. The van der Waals surface area contributed by atoms with E-state index in [1.54, 1.807) is 4.90 Å². The Morgan fingerprint density at radius 2 is 1.68 bits per heavy atom. The van der Waals surface area contributed by atoms with Gasteiger partial charge in [0.2, 0.25) is 15.7 Å². The van der Waals surface area contributed by atoms with E-state index < -0.39 is 26.4 Å². The third kappa shape index (κ3) is 4.97. The number of carbonyl (C=O) groups is 2. The van der Waals surface area contributed by atoms with E-state index in [4.69, 9.17) is 0 Å². The summed E-state index contributed by atoms with van der Waals surface area (Å²) in [4.78, 5) is 25.2. The van der Waals surface area contributed by atoms with E-state index in [2.05, 4.69) is 5.32 Å². The Hall–Kier alpha value is -2.03. The molecule has 1 fully saturated rings. The number of carbonyl (C=O) groups excluding carboxylic acids is 2. The highest BCUT2D eigenvalue weighted by molar-refractivity contribution is 7.91. The van der Waals surface area contributed by atoms with Gasteiger partial charge < -0.3 is 10.2 Å². The Morgan fingerprint density at radius 1 is 1.08 bits per heavy atom. The lowest BCUT2D eigenvalue weighted by Crippen LogP contribution is -2.37. The van der Waals surface area contributed by atoms with Crippen molar-refractivity contribution in [1.29, 1.82) is 0 Å². The maximum atomic E-state index is 12.4. The van der Waals surface area contributed by atoms with Crippen molar-refractivity contribution >= 4 is 21.7 Å². The lowest BCUT2D eigenvalue weighted by atomic mass is 10.1. The second-order valence-electron chi connectivity index (χ2n) is 5.78. The molecular formula is C16H20F2N2O4S. The van der Waals surface area contributed by atoms with Gasteiger partial charge in [0.1, 0.15) is 0 Å². The van der Waals surface area contributed by atoms with Gasteiger partial charge in [-0.1, -0.05) is 0 Å². The number of sulfone groups is 1. The number of amides is 2. The molecule has 1 saturated heterocycles. The van der Waals surface area contributed by atoms with E-state index in [0.29, 0.717) is 0 Å². The molecule has 0 atom stereocenters. The number of rotatable bonds is 6. The average molecular weight is 374 g/mol. The monoisotopic (exact) mass is 374 g/mol. The minimum atomic E-state index is -4.68. The summed E-state index contributed by atoms with van der Waals surface area (Å²) in [7, 11) is -4.68. The number of piperidine rings is 1. The predicted octanol–water partition coefficient (Wildman–Crippen LogP) is 1.82. The molecule has 25 heavy (non-hydrogen) atoms. The number of alkyl halides is 2. The molecule has 1 N–H and O–H groups in total. The number of halogens is 2. The number of nitrogens with zero attached hydrogens (tertiary/aromatic N) is 1. The van der Waals surface area contributed by atoms with Gasteiger partial charge in [-0.2, -0.15) is 8.78 Å². The molecule has 0 aliphatic carbocycles. The van der Waals surface area contributed by atoms with Gasteiger partial charge in [0.15, 0.2) is 0 Å². The Kier molecular flexibility index (Phi) is 6.46. The van der Waals surface area contributed by atoms with Crippen LogP contribution in [0.15, 0.2) is 29.2 Å². The molecule has 138 valence electrons. The van der Waals surface area contributed by atoms with E-state index in [1.165, 1.54) is 0 Å². The summed E-state index contributed by atoms with van der Waals surface area (Å²) in [5.41, 5.74) is 0.138. The van der Waals surface area contributed by atoms with Crippen molar-refractivity contribution in [3.8, 4) is 0 Å². The zero-order chi connectivity index (χ0) is 18.4. The molecule has 1 heterocycles. The van der Waals surface area contributed by atoms with Gasteiger partial charge in [-0.15, -0.1) is 0 Å². The maximum absolute atomic E-state index is 12.4. The molecular weight excluding hydrogens is 354 g/mol. The fourth-order valence-corrected chi connectivity index (χ4v) is 3.31. The maximum Gasteiger partial charge on any atom is 0.341 e. The van der Waals surface area contributed by atoms with Crippen molar-refractivity contribution in [2.45, 2.75) is 36.3 Å². The van der Waals surface area contributed by atoms with Crippen LogP contribution in [0, 0.1) is 0 Å². The first-order valence-corrected chi connectivity index (χ1v) is 9.55. The van der Waals surface area contributed by atoms with Crippen molar-refractivity contribution < 1.29 is 26.8 Å². The molecule has 1 aromatic rings. The summed E-state index contributed by atoms with van der Waals surface area (Å²) < 4.78 is 47.5. The summed E-state index contributed by atoms with van der Waals surface area (Å²) >= 11 is 0. The molecule has 0 radical (unpaired) electrons. The van der Waals surface area contributed by atoms with Crippen LogP contribution in [-0.2, 0) is 14.6 Å². The topological polar surface area (TPSA) is 83.6 Å². The number of likely N-dealkylation sites (tertiary alicyclic amines) is 1. The quantitative estimate of drug-likeness (QED) is 0.823. The van der Waals surface area contributed by atoms with Crippen LogP contribution in [0.3, 0.4) is 0 Å². The summed E-state index contributed by atoms with van der Waals surface area (Å²) in [6, 6.07) is 4.26. The van der Waals surface area contributed by atoms with Crippen LogP contribution in [-0.4, -0.2) is 50.5 Å². The van der Waals surface area contributed by atoms with E-state index in [1.807, 2.05) is 0 Å². The molecule has 0 saturated carbocycles. The Bertz CT molecular complexity index is 714. The minimum absolute atomic E-state index is 0.0154. The fourth-order valence-electron chi connectivity index (χ4n) is 2.59. The molecule has 9 heteroatoms. The third-order valence-corrected chi connectivity index (χ3v) is 5.41. The zero-order valence-corrected chi connectivity index (χ0v) is 14.4. The van der Waals surface area contributed by atoms with Gasteiger partial charge in [-0.25, -0.2) is 8.42 Å². The molecule has 0 spiro atoms. The van der Waals surface area contributed by atoms with Crippen LogP contribution in [0.1, 0.15) is 36.0 Å². The zero-order valence-electron chi connectivity index (χ0n) is 13.6. The van der Waals surface area contributed by atoms with E-state index in [-0.39, 0.29) is 24.4 Å². The molecule has 0 bridgehead atoms. The summed E-state index contributed by atoms with van der Waals surface area (Å²) in [6.07, 6.45) is 3.29. The van der Waals surface area contributed by atoms with Gasteiger partial charge in [0.25, 0.3) is 5.91 Å². The lowest BCUT2D eigenvalue weighted by molar-refractivity contribution is -0.131. The van der Waals surface area contributed by atoms with Crippen LogP contribution in [0.2, 0.25) is 0 Å². The van der Waals surface area contributed by atoms with Crippen molar-refractivity contribution in [1.82, 2.24) is 10.2 Å².